The van der Waals surface area contributed by atoms with E-state index >= 15 is 0 Å². The van der Waals surface area contributed by atoms with Crippen LogP contribution >= 0.6 is 0 Å². The van der Waals surface area contributed by atoms with E-state index in [0.29, 0.717) is 0 Å². The summed E-state index contributed by atoms with van der Waals surface area (Å²) in [5, 5.41) is 8.58. The van der Waals surface area contributed by atoms with E-state index in [9.17, 15) is 0 Å². The van der Waals surface area contributed by atoms with Gasteiger partial charge in [0.1, 0.15) is 5.69 Å². The first-order chi connectivity index (χ1) is 9.83. The number of fused-ring (bicyclic) bond motifs is 2. The zero-order valence-electron chi connectivity index (χ0n) is 11.3. The monoisotopic (exact) mass is 263 g/mol. The van der Waals surface area contributed by atoms with Crippen LogP contribution in [0.25, 0.3) is 22.2 Å². The highest BCUT2D eigenvalue weighted by atomic mass is 15.1. The standard InChI is InChI=1S/C17H17N3/c18-14-6-3-7-15-16(14)17(20-19-15)13-9-8-11-4-1-2-5-12(11)10-13/h3,6-10H,1-2,4-5,18H2,(H,19,20). The molecular weight excluding hydrogens is 246 g/mol. The summed E-state index contributed by atoms with van der Waals surface area (Å²) >= 11 is 0. The molecule has 0 unspecified atom stereocenters. The molecule has 0 radical (unpaired) electrons. The minimum absolute atomic E-state index is 0.781. The van der Waals surface area contributed by atoms with E-state index in [1.807, 2.05) is 18.2 Å². The minimum Gasteiger partial charge on any atom is -0.398 e. The molecule has 2 aromatic carbocycles. The fourth-order valence-corrected chi connectivity index (χ4v) is 3.19. The Morgan fingerprint density at radius 2 is 1.85 bits per heavy atom. The van der Waals surface area contributed by atoms with Crippen molar-refractivity contribution >= 4 is 16.6 Å². The first-order valence-electron chi connectivity index (χ1n) is 7.18. The van der Waals surface area contributed by atoms with Crippen molar-refractivity contribution in [1.82, 2.24) is 10.2 Å². The SMILES string of the molecule is Nc1cccc2[nH]nc(-c3ccc4c(c3)CCCC4)c12. The highest BCUT2D eigenvalue weighted by molar-refractivity contribution is 6.01. The second-order valence-corrected chi connectivity index (χ2v) is 5.53. The topological polar surface area (TPSA) is 54.7 Å². The zero-order chi connectivity index (χ0) is 13.5. The number of nitrogens with one attached hydrogen (secondary N) is 1. The van der Waals surface area contributed by atoms with E-state index in [4.69, 9.17) is 5.73 Å². The van der Waals surface area contributed by atoms with Crippen molar-refractivity contribution < 1.29 is 0 Å². The van der Waals surface area contributed by atoms with Crippen LogP contribution in [0.5, 0.6) is 0 Å². The summed E-state index contributed by atoms with van der Waals surface area (Å²) in [5.74, 6) is 0. The van der Waals surface area contributed by atoms with Gasteiger partial charge in [-0.2, -0.15) is 5.10 Å². The fraction of sp³-hybridized carbons (Fsp3) is 0.235. The number of hydrogen-bond donors (Lipinski definition) is 2. The Labute approximate surface area is 117 Å². The van der Waals surface area contributed by atoms with E-state index < -0.39 is 0 Å². The Kier molecular flexibility index (Phi) is 2.52. The summed E-state index contributed by atoms with van der Waals surface area (Å²) in [6.07, 6.45) is 4.99. The lowest BCUT2D eigenvalue weighted by molar-refractivity contribution is 0.686. The van der Waals surface area contributed by atoms with E-state index in [-0.39, 0.29) is 0 Å². The van der Waals surface area contributed by atoms with Gasteiger partial charge in [-0.3, -0.25) is 5.10 Å². The third kappa shape index (κ3) is 1.70. The maximum atomic E-state index is 6.12. The van der Waals surface area contributed by atoms with Crippen LogP contribution in [0.4, 0.5) is 5.69 Å². The Hall–Kier alpha value is -2.29. The van der Waals surface area contributed by atoms with Crippen LogP contribution in [0.2, 0.25) is 0 Å². The van der Waals surface area contributed by atoms with Crippen molar-refractivity contribution in [2.24, 2.45) is 0 Å². The van der Waals surface area contributed by atoms with E-state index in [2.05, 4.69) is 28.4 Å². The van der Waals surface area contributed by atoms with Gasteiger partial charge in [0.2, 0.25) is 0 Å². The average Bonchev–Trinajstić information content (AvgIpc) is 2.92. The van der Waals surface area contributed by atoms with Gasteiger partial charge in [0.05, 0.1) is 10.9 Å². The van der Waals surface area contributed by atoms with Gasteiger partial charge in [0.25, 0.3) is 0 Å². The molecule has 0 aliphatic heterocycles. The highest BCUT2D eigenvalue weighted by Crippen LogP contribution is 2.33. The summed E-state index contributed by atoms with van der Waals surface area (Å²) in [6.45, 7) is 0. The number of aromatic nitrogens is 2. The smallest absolute Gasteiger partial charge is 0.102 e. The molecule has 0 bridgehead atoms. The summed E-state index contributed by atoms with van der Waals surface area (Å²) in [7, 11) is 0. The van der Waals surface area contributed by atoms with Gasteiger partial charge in [0, 0.05) is 11.3 Å². The maximum absolute atomic E-state index is 6.12. The van der Waals surface area contributed by atoms with E-state index in [0.717, 1.165) is 27.8 Å². The lowest BCUT2D eigenvalue weighted by Gasteiger charge is -2.16. The van der Waals surface area contributed by atoms with Crippen molar-refractivity contribution in [3.05, 3.63) is 47.5 Å². The lowest BCUT2D eigenvalue weighted by atomic mass is 9.89. The van der Waals surface area contributed by atoms with Crippen molar-refractivity contribution in [3.63, 3.8) is 0 Å². The molecule has 20 heavy (non-hydrogen) atoms. The van der Waals surface area contributed by atoms with Crippen LogP contribution in [0.3, 0.4) is 0 Å². The molecule has 1 aliphatic carbocycles. The molecule has 3 N–H and O–H groups in total. The minimum atomic E-state index is 0.781. The first kappa shape index (κ1) is 11.5. The summed E-state index contributed by atoms with van der Waals surface area (Å²) in [4.78, 5) is 0. The van der Waals surface area contributed by atoms with Gasteiger partial charge in [-0.05, 0) is 55.0 Å². The predicted molar refractivity (Wildman–Crippen MR) is 82.6 cm³/mol. The van der Waals surface area contributed by atoms with Crippen LogP contribution < -0.4 is 5.73 Å². The molecule has 0 fully saturated rings. The predicted octanol–water partition coefficient (Wildman–Crippen LogP) is 3.69. The first-order valence-corrected chi connectivity index (χ1v) is 7.18. The quantitative estimate of drug-likeness (QED) is 0.658. The number of rotatable bonds is 1. The average molecular weight is 263 g/mol. The number of hydrogen-bond acceptors (Lipinski definition) is 2. The van der Waals surface area contributed by atoms with Gasteiger partial charge in [0.15, 0.2) is 0 Å². The van der Waals surface area contributed by atoms with Crippen molar-refractivity contribution in [3.8, 4) is 11.3 Å². The Morgan fingerprint density at radius 3 is 2.75 bits per heavy atom. The number of nitrogens with two attached hydrogens (primary N) is 1. The number of nitrogens with zero attached hydrogens (tertiary/aromatic N) is 1. The highest BCUT2D eigenvalue weighted by Gasteiger charge is 2.14. The number of benzene rings is 2. The Bertz CT molecular complexity index is 786. The third-order valence-corrected chi connectivity index (χ3v) is 4.24. The second kappa shape index (κ2) is 4.37. The van der Waals surface area contributed by atoms with Crippen LogP contribution in [0.15, 0.2) is 36.4 Å². The largest absolute Gasteiger partial charge is 0.398 e. The third-order valence-electron chi connectivity index (χ3n) is 4.24. The van der Waals surface area contributed by atoms with E-state index in [1.165, 1.54) is 36.8 Å². The molecule has 0 saturated heterocycles. The number of aromatic amines is 1. The Balaban J connectivity index is 1.91. The van der Waals surface area contributed by atoms with Crippen LogP contribution in [-0.2, 0) is 12.8 Å². The van der Waals surface area contributed by atoms with Gasteiger partial charge in [-0.15, -0.1) is 0 Å². The fourth-order valence-electron chi connectivity index (χ4n) is 3.19. The Morgan fingerprint density at radius 1 is 1.00 bits per heavy atom. The molecule has 3 heteroatoms. The molecule has 0 saturated carbocycles. The van der Waals surface area contributed by atoms with Crippen LogP contribution in [0.1, 0.15) is 24.0 Å². The van der Waals surface area contributed by atoms with Gasteiger partial charge in [-0.1, -0.05) is 18.2 Å². The number of H-pyrrole nitrogens is 1. The van der Waals surface area contributed by atoms with Crippen LogP contribution in [0, 0.1) is 0 Å². The molecule has 0 amide bonds. The number of anilines is 1. The van der Waals surface area contributed by atoms with Crippen LogP contribution in [-0.4, -0.2) is 10.2 Å². The molecule has 1 aliphatic rings. The normalized spacial score (nSPS) is 14.4. The summed E-state index contributed by atoms with van der Waals surface area (Å²) in [6, 6.07) is 12.6. The molecule has 1 heterocycles. The van der Waals surface area contributed by atoms with Crippen molar-refractivity contribution in [1.29, 1.82) is 0 Å². The molecular formula is C17H17N3. The van der Waals surface area contributed by atoms with Gasteiger partial charge in [-0.25, -0.2) is 0 Å². The van der Waals surface area contributed by atoms with E-state index in [1.54, 1.807) is 0 Å². The summed E-state index contributed by atoms with van der Waals surface area (Å²) < 4.78 is 0. The van der Waals surface area contributed by atoms with Crippen molar-refractivity contribution in [2.75, 3.05) is 5.73 Å². The molecule has 4 rings (SSSR count). The molecule has 0 spiro atoms. The zero-order valence-corrected chi connectivity index (χ0v) is 11.3. The maximum Gasteiger partial charge on any atom is 0.102 e. The molecule has 3 aromatic rings. The van der Waals surface area contributed by atoms with Gasteiger partial charge >= 0.3 is 0 Å². The molecule has 100 valence electrons. The number of aryl methyl sites for hydroxylation is 2. The summed E-state index contributed by atoms with van der Waals surface area (Å²) in [5.41, 5.74) is 13.0. The molecule has 0 atom stereocenters. The van der Waals surface area contributed by atoms with Gasteiger partial charge < -0.3 is 5.73 Å². The second-order valence-electron chi connectivity index (χ2n) is 5.53. The lowest BCUT2D eigenvalue weighted by Crippen LogP contribution is -2.02. The number of nitrogen functional groups attached to an aromatic ring is 1. The molecule has 1 aromatic heterocycles. The van der Waals surface area contributed by atoms with Crippen molar-refractivity contribution in [2.45, 2.75) is 25.7 Å². The molecule has 3 nitrogen and oxygen atoms in total.